The van der Waals surface area contributed by atoms with Crippen molar-refractivity contribution < 1.29 is 4.79 Å². The number of hydrogen-bond acceptors (Lipinski definition) is 2. The summed E-state index contributed by atoms with van der Waals surface area (Å²) in [7, 11) is 0. The second kappa shape index (κ2) is 4.88. The Morgan fingerprint density at radius 1 is 1.44 bits per heavy atom. The van der Waals surface area contributed by atoms with Gasteiger partial charge in [-0.25, -0.2) is 4.79 Å². The zero-order valence-corrected chi connectivity index (χ0v) is 11.0. The normalized spacial score (nSPS) is 21.6. The molecule has 0 heterocycles. The van der Waals surface area contributed by atoms with Crippen LogP contribution < -0.4 is 16.4 Å². The summed E-state index contributed by atoms with van der Waals surface area (Å²) in [6.45, 7) is 4.48. The molecule has 2 amide bonds. The van der Waals surface area contributed by atoms with E-state index in [0.29, 0.717) is 11.1 Å². The Bertz CT molecular complexity index is 442. The van der Waals surface area contributed by atoms with Crippen molar-refractivity contribution in [2.45, 2.75) is 39.2 Å². The monoisotopic (exact) mass is 247 g/mol. The molecular formula is C14H21N3O. The number of nitrogens with two attached hydrogens (primary N) is 1. The van der Waals surface area contributed by atoms with Crippen molar-refractivity contribution in [1.29, 1.82) is 0 Å². The van der Waals surface area contributed by atoms with Gasteiger partial charge in [-0.2, -0.15) is 0 Å². The number of anilines is 2. The quantitative estimate of drug-likeness (QED) is 0.703. The van der Waals surface area contributed by atoms with Crippen molar-refractivity contribution in [3.05, 3.63) is 24.3 Å². The van der Waals surface area contributed by atoms with Crippen LogP contribution in [0.2, 0.25) is 0 Å². The molecule has 1 saturated carbocycles. The Morgan fingerprint density at radius 2 is 2.22 bits per heavy atom. The number of benzene rings is 1. The number of carbonyl (C=O) groups is 1. The van der Waals surface area contributed by atoms with Crippen molar-refractivity contribution in [3.63, 3.8) is 0 Å². The Hall–Kier alpha value is -1.71. The molecule has 2 rings (SSSR count). The molecule has 0 aliphatic heterocycles. The third-order valence-corrected chi connectivity index (χ3v) is 3.45. The van der Waals surface area contributed by atoms with E-state index in [0.717, 1.165) is 24.9 Å². The molecule has 0 radical (unpaired) electrons. The first-order valence-electron chi connectivity index (χ1n) is 6.38. The van der Waals surface area contributed by atoms with Crippen molar-refractivity contribution in [2.75, 3.05) is 11.1 Å². The lowest BCUT2D eigenvalue weighted by molar-refractivity contribution is 0.247. The first-order valence-corrected chi connectivity index (χ1v) is 6.38. The van der Waals surface area contributed by atoms with Gasteiger partial charge < -0.3 is 16.4 Å². The molecular weight excluding hydrogens is 226 g/mol. The molecule has 1 aromatic rings. The molecule has 1 aliphatic carbocycles. The summed E-state index contributed by atoms with van der Waals surface area (Å²) >= 11 is 0. The zero-order chi connectivity index (χ0) is 13.2. The largest absolute Gasteiger partial charge is 0.399 e. The lowest BCUT2D eigenvalue weighted by Crippen LogP contribution is -2.36. The van der Waals surface area contributed by atoms with Gasteiger partial charge in [0.2, 0.25) is 0 Å². The molecule has 0 spiro atoms. The number of carbonyl (C=O) groups excluding carboxylic acids is 1. The Labute approximate surface area is 108 Å². The van der Waals surface area contributed by atoms with Gasteiger partial charge in [-0.05, 0) is 42.9 Å². The highest BCUT2D eigenvalue weighted by atomic mass is 16.2. The Balaban J connectivity index is 1.86. The van der Waals surface area contributed by atoms with Crippen LogP contribution in [0.4, 0.5) is 16.2 Å². The van der Waals surface area contributed by atoms with Gasteiger partial charge in [0.15, 0.2) is 0 Å². The highest BCUT2D eigenvalue weighted by Crippen LogP contribution is 2.36. The third-order valence-electron chi connectivity index (χ3n) is 3.45. The van der Waals surface area contributed by atoms with E-state index in [1.807, 2.05) is 12.1 Å². The van der Waals surface area contributed by atoms with Crippen LogP contribution in [-0.4, -0.2) is 12.1 Å². The Kier molecular flexibility index (Phi) is 3.45. The molecule has 1 unspecified atom stereocenters. The van der Waals surface area contributed by atoms with E-state index in [1.54, 1.807) is 12.1 Å². The van der Waals surface area contributed by atoms with Crippen LogP contribution in [0.3, 0.4) is 0 Å². The molecule has 4 nitrogen and oxygen atoms in total. The summed E-state index contributed by atoms with van der Waals surface area (Å²) in [6, 6.07) is 7.32. The molecule has 0 saturated heterocycles. The first kappa shape index (κ1) is 12.7. The molecule has 4 N–H and O–H groups in total. The van der Waals surface area contributed by atoms with Gasteiger partial charge in [-0.1, -0.05) is 19.9 Å². The van der Waals surface area contributed by atoms with Crippen LogP contribution >= 0.6 is 0 Å². The van der Waals surface area contributed by atoms with Gasteiger partial charge in [-0.3, -0.25) is 0 Å². The van der Waals surface area contributed by atoms with E-state index in [-0.39, 0.29) is 12.1 Å². The maximum absolute atomic E-state index is 11.8. The molecule has 18 heavy (non-hydrogen) atoms. The molecule has 1 fully saturated rings. The minimum absolute atomic E-state index is 0.150. The molecule has 0 aromatic heterocycles. The lowest BCUT2D eigenvalue weighted by atomic mass is 9.92. The van der Waals surface area contributed by atoms with Crippen LogP contribution in [0.15, 0.2) is 24.3 Å². The topological polar surface area (TPSA) is 67.2 Å². The fraction of sp³-hybridized carbons (Fsp3) is 0.500. The highest BCUT2D eigenvalue weighted by molar-refractivity contribution is 5.89. The molecule has 1 aliphatic rings. The number of amides is 2. The van der Waals surface area contributed by atoms with Gasteiger partial charge in [-0.15, -0.1) is 0 Å². The first-order chi connectivity index (χ1) is 8.44. The maximum Gasteiger partial charge on any atom is 0.319 e. The van der Waals surface area contributed by atoms with E-state index in [9.17, 15) is 4.79 Å². The van der Waals surface area contributed by atoms with Crippen LogP contribution in [0.5, 0.6) is 0 Å². The van der Waals surface area contributed by atoms with Crippen LogP contribution in [0.25, 0.3) is 0 Å². The highest BCUT2D eigenvalue weighted by Gasteiger charge is 2.31. The van der Waals surface area contributed by atoms with Crippen molar-refractivity contribution in [3.8, 4) is 0 Å². The van der Waals surface area contributed by atoms with Crippen molar-refractivity contribution in [1.82, 2.24) is 5.32 Å². The molecule has 1 aromatic carbocycles. The fourth-order valence-electron chi connectivity index (χ4n) is 2.53. The fourth-order valence-corrected chi connectivity index (χ4v) is 2.53. The van der Waals surface area contributed by atoms with Gasteiger partial charge in [0, 0.05) is 17.4 Å². The summed E-state index contributed by atoms with van der Waals surface area (Å²) in [5.41, 5.74) is 7.38. The van der Waals surface area contributed by atoms with Gasteiger partial charge in [0.25, 0.3) is 0 Å². The predicted molar refractivity (Wildman–Crippen MR) is 74.4 cm³/mol. The second-order valence-electron chi connectivity index (χ2n) is 5.83. The summed E-state index contributed by atoms with van der Waals surface area (Å²) in [5.74, 6) is 0. The number of nitrogen functional groups attached to an aromatic ring is 1. The molecule has 0 bridgehead atoms. The van der Waals surface area contributed by atoms with E-state index < -0.39 is 0 Å². The number of nitrogens with one attached hydrogen (secondary N) is 2. The van der Waals surface area contributed by atoms with Gasteiger partial charge >= 0.3 is 6.03 Å². The van der Waals surface area contributed by atoms with Crippen LogP contribution in [0, 0.1) is 5.41 Å². The standard InChI is InChI=1S/C14H21N3O/c1-14(2)7-6-12(9-14)17-13(18)16-11-5-3-4-10(15)8-11/h3-5,8,12H,6-7,9,15H2,1-2H3,(H2,16,17,18). The van der Waals surface area contributed by atoms with Crippen molar-refractivity contribution >= 4 is 17.4 Å². The van der Waals surface area contributed by atoms with Gasteiger partial charge in [0.05, 0.1) is 0 Å². The zero-order valence-electron chi connectivity index (χ0n) is 11.0. The van der Waals surface area contributed by atoms with Crippen molar-refractivity contribution in [2.24, 2.45) is 5.41 Å². The summed E-state index contributed by atoms with van der Waals surface area (Å²) < 4.78 is 0. The molecule has 98 valence electrons. The maximum atomic E-state index is 11.8. The number of rotatable bonds is 2. The third kappa shape index (κ3) is 3.39. The van der Waals surface area contributed by atoms with E-state index in [2.05, 4.69) is 24.5 Å². The summed E-state index contributed by atoms with van der Waals surface area (Å²) in [4.78, 5) is 11.8. The average Bonchev–Trinajstić information content (AvgIpc) is 2.57. The van der Waals surface area contributed by atoms with Crippen LogP contribution in [0.1, 0.15) is 33.1 Å². The molecule has 1 atom stereocenters. The SMILES string of the molecule is CC1(C)CCC(NC(=O)Nc2cccc(N)c2)C1. The smallest absolute Gasteiger partial charge is 0.319 e. The molecule has 4 heteroatoms. The van der Waals surface area contributed by atoms with E-state index in [1.165, 1.54) is 0 Å². The number of urea groups is 1. The number of hydrogen-bond donors (Lipinski definition) is 3. The minimum atomic E-state index is -0.150. The average molecular weight is 247 g/mol. The van der Waals surface area contributed by atoms with E-state index >= 15 is 0 Å². The van der Waals surface area contributed by atoms with Gasteiger partial charge in [0.1, 0.15) is 0 Å². The lowest BCUT2D eigenvalue weighted by Gasteiger charge is -2.18. The summed E-state index contributed by atoms with van der Waals surface area (Å²) in [6.07, 6.45) is 3.25. The summed E-state index contributed by atoms with van der Waals surface area (Å²) in [5, 5.41) is 5.82. The Morgan fingerprint density at radius 3 is 2.83 bits per heavy atom. The predicted octanol–water partition coefficient (Wildman–Crippen LogP) is 2.97. The van der Waals surface area contributed by atoms with Crippen LogP contribution in [-0.2, 0) is 0 Å². The minimum Gasteiger partial charge on any atom is -0.399 e. The second-order valence-corrected chi connectivity index (χ2v) is 5.83. The van der Waals surface area contributed by atoms with E-state index in [4.69, 9.17) is 5.73 Å².